The first-order valence-corrected chi connectivity index (χ1v) is 5.90. The van der Waals surface area contributed by atoms with Crippen LogP contribution in [-0.4, -0.2) is 38.8 Å². The molecule has 0 aromatic carbocycles. The average molecular weight is 249 g/mol. The van der Waals surface area contributed by atoms with Crippen LogP contribution in [-0.2, 0) is 9.53 Å². The van der Waals surface area contributed by atoms with Crippen LogP contribution in [0.4, 0.5) is 0 Å². The lowest BCUT2D eigenvalue weighted by Crippen LogP contribution is -2.48. The highest BCUT2D eigenvalue weighted by atomic mass is 35.5. The third-order valence-corrected chi connectivity index (χ3v) is 2.98. The van der Waals surface area contributed by atoms with E-state index in [1.165, 1.54) is 12.8 Å². The maximum absolute atomic E-state index is 11.3. The first-order valence-electron chi connectivity index (χ1n) is 5.90. The van der Waals surface area contributed by atoms with Gasteiger partial charge >= 0.3 is 0 Å². The van der Waals surface area contributed by atoms with Crippen molar-refractivity contribution >= 4 is 18.3 Å². The first-order chi connectivity index (χ1) is 7.34. The topological polar surface area (TPSA) is 50.4 Å². The number of hydrogen-bond acceptors (Lipinski definition) is 3. The minimum absolute atomic E-state index is 0. The van der Waals surface area contributed by atoms with E-state index in [-0.39, 0.29) is 18.3 Å². The van der Waals surface area contributed by atoms with Gasteiger partial charge in [-0.3, -0.25) is 4.79 Å². The number of carbonyl (C=O) groups is 1. The molecule has 1 amide bonds. The van der Waals surface area contributed by atoms with Gasteiger partial charge in [0.2, 0.25) is 5.91 Å². The van der Waals surface area contributed by atoms with Crippen molar-refractivity contribution in [3.63, 3.8) is 0 Å². The van der Waals surface area contributed by atoms with Gasteiger partial charge in [0.15, 0.2) is 0 Å². The van der Waals surface area contributed by atoms with Crippen molar-refractivity contribution < 1.29 is 9.53 Å². The van der Waals surface area contributed by atoms with Crippen LogP contribution in [0.2, 0.25) is 0 Å². The largest absolute Gasteiger partial charge is 0.381 e. The summed E-state index contributed by atoms with van der Waals surface area (Å²) < 4.78 is 5.40. The number of halogens is 1. The van der Waals surface area contributed by atoms with Gasteiger partial charge in [-0.15, -0.1) is 12.4 Å². The molecule has 1 saturated carbocycles. The molecular formula is C11H21ClN2O2. The zero-order chi connectivity index (χ0) is 10.5. The van der Waals surface area contributed by atoms with Crippen LogP contribution in [0.3, 0.4) is 0 Å². The molecule has 2 rings (SSSR count). The highest BCUT2D eigenvalue weighted by Gasteiger charge is 2.21. The Labute approximate surface area is 103 Å². The lowest BCUT2D eigenvalue weighted by Gasteiger charge is -2.27. The van der Waals surface area contributed by atoms with Crippen molar-refractivity contribution in [1.29, 1.82) is 0 Å². The highest BCUT2D eigenvalue weighted by molar-refractivity contribution is 5.85. The Bertz CT molecular complexity index is 218. The smallest absolute Gasteiger partial charge is 0.222 e. The summed E-state index contributed by atoms with van der Waals surface area (Å²) in [6.07, 6.45) is 3.12. The Balaban J connectivity index is 0.00000128. The minimum atomic E-state index is 0. The molecule has 5 heteroatoms. The quantitative estimate of drug-likeness (QED) is 0.648. The molecule has 2 fully saturated rings. The number of ether oxygens (including phenoxy) is 1. The van der Waals surface area contributed by atoms with Crippen molar-refractivity contribution in [2.75, 3.05) is 32.8 Å². The highest BCUT2D eigenvalue weighted by Crippen LogP contribution is 2.28. The maximum Gasteiger partial charge on any atom is 0.222 e. The van der Waals surface area contributed by atoms with Gasteiger partial charge in [-0.25, -0.2) is 0 Å². The maximum atomic E-state index is 11.3. The van der Waals surface area contributed by atoms with Crippen LogP contribution in [0.5, 0.6) is 0 Å². The molecule has 0 bridgehead atoms. The second-order valence-corrected chi connectivity index (χ2v) is 4.60. The van der Waals surface area contributed by atoms with Crippen LogP contribution >= 0.6 is 12.4 Å². The fraction of sp³-hybridized carbons (Fsp3) is 0.909. The van der Waals surface area contributed by atoms with Gasteiger partial charge in [-0.1, -0.05) is 0 Å². The third kappa shape index (κ3) is 5.14. The van der Waals surface area contributed by atoms with E-state index in [9.17, 15) is 4.79 Å². The molecule has 16 heavy (non-hydrogen) atoms. The summed E-state index contributed by atoms with van der Waals surface area (Å²) in [4.78, 5) is 11.3. The molecule has 0 aromatic rings. The second-order valence-electron chi connectivity index (χ2n) is 4.60. The lowest BCUT2D eigenvalue weighted by atomic mass is 10.0. The summed E-state index contributed by atoms with van der Waals surface area (Å²) in [6.45, 7) is 4.32. The Morgan fingerprint density at radius 2 is 2.06 bits per heavy atom. The monoisotopic (exact) mass is 248 g/mol. The summed E-state index contributed by atoms with van der Waals surface area (Å²) in [5, 5.41) is 6.11. The number of nitrogens with one attached hydrogen (secondary N) is 2. The molecule has 0 spiro atoms. The zero-order valence-corrected chi connectivity index (χ0v) is 10.4. The fourth-order valence-electron chi connectivity index (χ4n) is 1.54. The van der Waals surface area contributed by atoms with Crippen LogP contribution in [0.15, 0.2) is 0 Å². The Kier molecular flexibility index (Phi) is 6.09. The predicted molar refractivity (Wildman–Crippen MR) is 64.8 cm³/mol. The average Bonchev–Trinajstić information content (AvgIpc) is 2.93. The molecule has 1 saturated heterocycles. The van der Waals surface area contributed by atoms with Gasteiger partial charge in [-0.05, 0) is 18.8 Å². The number of rotatable bonds is 7. The van der Waals surface area contributed by atoms with E-state index in [0.717, 1.165) is 32.2 Å². The number of carbonyl (C=O) groups excluding carboxylic acids is 1. The van der Waals surface area contributed by atoms with Crippen molar-refractivity contribution in [1.82, 2.24) is 10.6 Å². The molecule has 1 aliphatic heterocycles. The van der Waals surface area contributed by atoms with E-state index < -0.39 is 0 Å². The molecule has 2 aliphatic rings. The minimum Gasteiger partial charge on any atom is -0.381 e. The van der Waals surface area contributed by atoms with Crippen molar-refractivity contribution in [3.8, 4) is 0 Å². The van der Waals surface area contributed by atoms with E-state index >= 15 is 0 Å². The van der Waals surface area contributed by atoms with Crippen molar-refractivity contribution in [2.45, 2.75) is 19.3 Å². The summed E-state index contributed by atoms with van der Waals surface area (Å²) in [5.74, 6) is 1.55. The summed E-state index contributed by atoms with van der Waals surface area (Å²) in [7, 11) is 0. The molecule has 2 N–H and O–H groups in total. The van der Waals surface area contributed by atoms with E-state index in [1.54, 1.807) is 0 Å². The molecule has 0 atom stereocenters. The van der Waals surface area contributed by atoms with Crippen LogP contribution < -0.4 is 10.6 Å². The van der Waals surface area contributed by atoms with Gasteiger partial charge in [0.25, 0.3) is 0 Å². The van der Waals surface area contributed by atoms with Crippen LogP contribution in [0.25, 0.3) is 0 Å². The molecule has 0 aromatic heterocycles. The molecular weight excluding hydrogens is 228 g/mol. The predicted octanol–water partition coefficient (Wildman–Crippen LogP) is 0.560. The number of hydrogen-bond donors (Lipinski definition) is 2. The summed E-state index contributed by atoms with van der Waals surface area (Å²) >= 11 is 0. The van der Waals surface area contributed by atoms with Crippen LogP contribution in [0, 0.1) is 11.8 Å². The van der Waals surface area contributed by atoms with Gasteiger partial charge in [0, 0.05) is 38.6 Å². The van der Waals surface area contributed by atoms with Gasteiger partial charge in [0.1, 0.15) is 0 Å². The Hall–Kier alpha value is -0.320. The molecule has 94 valence electrons. The van der Waals surface area contributed by atoms with Crippen LogP contribution in [0.1, 0.15) is 19.3 Å². The zero-order valence-electron chi connectivity index (χ0n) is 9.54. The van der Waals surface area contributed by atoms with Crippen molar-refractivity contribution in [2.24, 2.45) is 11.8 Å². The van der Waals surface area contributed by atoms with E-state index in [4.69, 9.17) is 4.74 Å². The third-order valence-electron chi connectivity index (χ3n) is 2.98. The molecule has 4 nitrogen and oxygen atoms in total. The Morgan fingerprint density at radius 1 is 1.31 bits per heavy atom. The molecule has 0 unspecified atom stereocenters. The lowest BCUT2D eigenvalue weighted by molar-refractivity contribution is -0.122. The Morgan fingerprint density at radius 3 is 2.62 bits per heavy atom. The summed E-state index contributed by atoms with van der Waals surface area (Å²) in [5.41, 5.74) is 0. The molecule has 1 heterocycles. The second kappa shape index (κ2) is 7.09. The normalized spacial score (nSPS) is 19.8. The SMILES string of the molecule is Cl.O=C(CCOCC1CC1)NCC1CNC1. The van der Waals surface area contributed by atoms with Gasteiger partial charge in [-0.2, -0.15) is 0 Å². The van der Waals surface area contributed by atoms with Gasteiger partial charge in [0.05, 0.1) is 6.61 Å². The summed E-state index contributed by atoms with van der Waals surface area (Å²) in [6, 6.07) is 0. The first kappa shape index (κ1) is 13.7. The molecule has 0 radical (unpaired) electrons. The standard InChI is InChI=1S/C11H20N2O2.ClH/c14-11(13-7-10-5-12-6-10)3-4-15-8-9-1-2-9;/h9-10,12H,1-8H2,(H,13,14);1H. The number of amides is 1. The van der Waals surface area contributed by atoms with Crippen molar-refractivity contribution in [3.05, 3.63) is 0 Å². The fourth-order valence-corrected chi connectivity index (χ4v) is 1.54. The van der Waals surface area contributed by atoms with E-state index in [0.29, 0.717) is 18.9 Å². The molecule has 1 aliphatic carbocycles. The van der Waals surface area contributed by atoms with E-state index in [2.05, 4.69) is 10.6 Å². The van der Waals surface area contributed by atoms with Gasteiger partial charge < -0.3 is 15.4 Å². The van der Waals surface area contributed by atoms with E-state index in [1.807, 2.05) is 0 Å².